The zero-order valence-corrected chi connectivity index (χ0v) is 32.9. The number of benzene rings is 2. The summed E-state index contributed by atoms with van der Waals surface area (Å²) in [5, 5.41) is 13.9. The Balaban J connectivity index is 1.54. The van der Waals surface area contributed by atoms with Crippen LogP contribution in [-0.4, -0.2) is 107 Å². The van der Waals surface area contributed by atoms with E-state index in [2.05, 4.69) is 41.3 Å². The summed E-state index contributed by atoms with van der Waals surface area (Å²) in [6.07, 6.45) is 5.52. The standard InChI is InChI=1S/C42H54BrN3O8/c1-5-8-16-23-45(22-7-3)40(50)38-42-25-31(43)37(54-42)34(35(42)39(49)46(38)30(26-47)24-28-17-12-10-13-18-28)41(51)53-36(29-19-14-11-15-20-29)32(27-52-4)44-33(48)21-9-6-2/h6-7,10-15,17-20,30-32,34-38,47H,2-3,5,8-9,16,21-27H2,1,4H3,(H,44,48)/t30-,31?,32-,34+,35-,36-,37+,38+,42-/m1/s1. The Morgan fingerprint density at radius 3 is 2.44 bits per heavy atom. The summed E-state index contributed by atoms with van der Waals surface area (Å²) < 4.78 is 18.7. The number of fused-ring (bicyclic) bond motifs is 1. The molecule has 12 heteroatoms. The normalized spacial score (nSPS) is 25.7. The number of allylic oxidation sites excluding steroid dienone is 1. The van der Waals surface area contributed by atoms with Crippen LogP contribution < -0.4 is 5.32 Å². The summed E-state index contributed by atoms with van der Waals surface area (Å²) in [5.74, 6) is -3.79. The maximum absolute atomic E-state index is 15.0. The van der Waals surface area contributed by atoms with Crippen molar-refractivity contribution >= 4 is 39.6 Å². The average Bonchev–Trinajstić information content (AvgIpc) is 3.78. The number of nitrogens with zero attached hydrogens (tertiary/aromatic N) is 2. The van der Waals surface area contributed by atoms with E-state index in [1.54, 1.807) is 17.1 Å². The van der Waals surface area contributed by atoms with Gasteiger partial charge in [0, 0.05) is 31.4 Å². The second kappa shape index (κ2) is 19.2. The number of alkyl halides is 1. The number of likely N-dealkylation sites (tertiary alicyclic amines) is 1. The molecule has 54 heavy (non-hydrogen) atoms. The topological polar surface area (TPSA) is 135 Å². The number of rotatable bonds is 21. The van der Waals surface area contributed by atoms with Gasteiger partial charge in [-0.3, -0.25) is 19.2 Å². The van der Waals surface area contributed by atoms with Gasteiger partial charge in [-0.2, -0.15) is 0 Å². The number of aliphatic hydroxyl groups is 1. The highest BCUT2D eigenvalue weighted by atomic mass is 79.9. The first-order valence-corrected chi connectivity index (χ1v) is 19.9. The first-order chi connectivity index (χ1) is 26.1. The van der Waals surface area contributed by atoms with Gasteiger partial charge in [-0.05, 0) is 36.8 Å². The lowest BCUT2D eigenvalue weighted by atomic mass is 9.70. The Kier molecular flexibility index (Phi) is 14.7. The number of esters is 1. The molecule has 3 aliphatic rings. The van der Waals surface area contributed by atoms with Gasteiger partial charge < -0.3 is 34.4 Å². The molecular formula is C42H54BrN3O8. The zero-order valence-electron chi connectivity index (χ0n) is 31.3. The van der Waals surface area contributed by atoms with Gasteiger partial charge >= 0.3 is 5.97 Å². The molecule has 11 nitrogen and oxygen atoms in total. The number of aliphatic hydroxyl groups excluding tert-OH is 1. The van der Waals surface area contributed by atoms with Crippen LogP contribution in [0.15, 0.2) is 86.0 Å². The van der Waals surface area contributed by atoms with Gasteiger partial charge in [0.15, 0.2) is 0 Å². The molecule has 3 fully saturated rings. The van der Waals surface area contributed by atoms with Crippen LogP contribution in [0.3, 0.4) is 0 Å². The van der Waals surface area contributed by atoms with E-state index in [1.807, 2.05) is 60.7 Å². The number of methoxy groups -OCH3 is 1. The lowest BCUT2D eigenvalue weighted by Crippen LogP contribution is -2.59. The van der Waals surface area contributed by atoms with Gasteiger partial charge in [0.1, 0.15) is 17.7 Å². The summed E-state index contributed by atoms with van der Waals surface area (Å²) in [5.41, 5.74) is 0.160. The van der Waals surface area contributed by atoms with Crippen molar-refractivity contribution in [3.05, 3.63) is 97.1 Å². The van der Waals surface area contributed by atoms with Crippen LogP contribution in [0.1, 0.15) is 62.7 Å². The van der Waals surface area contributed by atoms with Crippen LogP contribution in [0.2, 0.25) is 0 Å². The van der Waals surface area contributed by atoms with Gasteiger partial charge in [-0.15, -0.1) is 13.2 Å². The quantitative estimate of drug-likeness (QED) is 0.0786. The van der Waals surface area contributed by atoms with Crippen molar-refractivity contribution in [3.63, 3.8) is 0 Å². The van der Waals surface area contributed by atoms with Crippen LogP contribution >= 0.6 is 15.9 Å². The van der Waals surface area contributed by atoms with E-state index in [0.29, 0.717) is 31.4 Å². The lowest BCUT2D eigenvalue weighted by Gasteiger charge is -2.39. The highest BCUT2D eigenvalue weighted by molar-refractivity contribution is 9.09. The maximum atomic E-state index is 15.0. The van der Waals surface area contributed by atoms with Crippen LogP contribution in [0.25, 0.3) is 0 Å². The zero-order chi connectivity index (χ0) is 38.8. The minimum Gasteiger partial charge on any atom is -0.455 e. The minimum atomic E-state index is -1.36. The molecule has 3 aliphatic heterocycles. The molecule has 1 unspecified atom stereocenters. The summed E-state index contributed by atoms with van der Waals surface area (Å²) in [6, 6.07) is 16.0. The van der Waals surface area contributed by atoms with E-state index in [0.717, 1.165) is 24.8 Å². The number of carbonyl (C=O) groups is 4. The first-order valence-electron chi connectivity index (χ1n) is 19.0. The van der Waals surface area contributed by atoms with Gasteiger partial charge in [0.2, 0.25) is 17.7 Å². The molecule has 5 rings (SSSR count). The third-order valence-corrected chi connectivity index (χ3v) is 11.7. The SMILES string of the molecule is C=CCCC(=O)N[C@H](COC)[C@H](OC(=O)[C@@H]1[C@H]2O[C@@]3(CC2Br)[C@H](C(=O)N(CC=C)CCCCC)N([C@@H](CO)Cc2ccccc2)C(=O)[C@@H]13)c1ccccc1. The molecule has 3 amide bonds. The molecule has 0 aromatic heterocycles. The predicted molar refractivity (Wildman–Crippen MR) is 208 cm³/mol. The molecule has 292 valence electrons. The number of hydrogen-bond acceptors (Lipinski definition) is 8. The highest BCUT2D eigenvalue weighted by Gasteiger charge is 2.77. The Labute approximate surface area is 327 Å². The molecule has 2 bridgehead atoms. The van der Waals surface area contributed by atoms with Gasteiger partial charge in [0.25, 0.3) is 0 Å². The number of hydrogen-bond donors (Lipinski definition) is 2. The molecular weight excluding hydrogens is 754 g/mol. The summed E-state index contributed by atoms with van der Waals surface area (Å²) >= 11 is 3.76. The summed E-state index contributed by atoms with van der Waals surface area (Å²) in [7, 11) is 1.50. The first kappa shape index (κ1) is 41.3. The molecule has 3 saturated heterocycles. The Hall–Kier alpha value is -3.84. The molecule has 0 radical (unpaired) electrons. The molecule has 2 aromatic rings. The molecule has 2 aromatic carbocycles. The van der Waals surface area contributed by atoms with Gasteiger partial charge in [-0.25, -0.2) is 0 Å². The van der Waals surface area contributed by atoms with E-state index < -0.39 is 66.3 Å². The second-order valence-corrected chi connectivity index (χ2v) is 15.6. The average molecular weight is 809 g/mol. The predicted octanol–water partition coefficient (Wildman–Crippen LogP) is 4.92. The maximum Gasteiger partial charge on any atom is 0.313 e. The van der Waals surface area contributed by atoms with Crippen molar-refractivity contribution in [2.24, 2.45) is 11.8 Å². The van der Waals surface area contributed by atoms with E-state index in [4.69, 9.17) is 14.2 Å². The molecule has 0 saturated carbocycles. The number of carbonyl (C=O) groups excluding carboxylic acids is 4. The molecule has 1 spiro atoms. The Morgan fingerprint density at radius 1 is 1.11 bits per heavy atom. The summed E-state index contributed by atoms with van der Waals surface area (Å²) in [6.45, 7) is 10.1. The fraction of sp³-hybridized carbons (Fsp3) is 0.524. The van der Waals surface area contributed by atoms with Crippen molar-refractivity contribution in [2.45, 2.75) is 92.6 Å². The van der Waals surface area contributed by atoms with Crippen LogP contribution in [-0.2, 0) is 39.8 Å². The monoisotopic (exact) mass is 807 g/mol. The molecule has 0 aliphatic carbocycles. The number of ether oxygens (including phenoxy) is 3. The largest absolute Gasteiger partial charge is 0.455 e. The van der Waals surface area contributed by atoms with E-state index in [-0.39, 0.29) is 36.2 Å². The van der Waals surface area contributed by atoms with Crippen LogP contribution in [0.5, 0.6) is 0 Å². The van der Waals surface area contributed by atoms with Crippen LogP contribution in [0, 0.1) is 11.8 Å². The van der Waals surface area contributed by atoms with Gasteiger partial charge in [0.05, 0.1) is 43.2 Å². The summed E-state index contributed by atoms with van der Waals surface area (Å²) in [4.78, 5) is 60.4. The van der Waals surface area contributed by atoms with Crippen molar-refractivity contribution in [1.29, 1.82) is 0 Å². The highest BCUT2D eigenvalue weighted by Crippen LogP contribution is 2.61. The van der Waals surface area contributed by atoms with Crippen molar-refractivity contribution in [3.8, 4) is 0 Å². The fourth-order valence-electron chi connectivity index (χ4n) is 8.44. The number of unbranched alkanes of at least 4 members (excludes halogenated alkanes) is 2. The number of halogens is 1. The third-order valence-electron chi connectivity index (χ3n) is 10.8. The smallest absolute Gasteiger partial charge is 0.313 e. The van der Waals surface area contributed by atoms with E-state index >= 15 is 4.79 Å². The number of nitrogens with one attached hydrogen (secondary N) is 1. The molecule has 9 atom stereocenters. The second-order valence-electron chi connectivity index (χ2n) is 14.4. The molecule has 2 N–H and O–H groups in total. The van der Waals surface area contributed by atoms with E-state index in [1.165, 1.54) is 12.0 Å². The van der Waals surface area contributed by atoms with Crippen molar-refractivity contribution < 1.29 is 38.5 Å². The van der Waals surface area contributed by atoms with Crippen molar-refractivity contribution in [1.82, 2.24) is 15.1 Å². The lowest BCUT2D eigenvalue weighted by molar-refractivity contribution is -0.163. The van der Waals surface area contributed by atoms with Gasteiger partial charge in [-0.1, -0.05) is 109 Å². The molecule has 3 heterocycles. The van der Waals surface area contributed by atoms with Crippen LogP contribution in [0.4, 0.5) is 0 Å². The van der Waals surface area contributed by atoms with E-state index in [9.17, 15) is 19.5 Å². The Morgan fingerprint density at radius 2 is 1.81 bits per heavy atom. The Bertz CT molecular complexity index is 1610. The van der Waals surface area contributed by atoms with Crippen molar-refractivity contribution in [2.75, 3.05) is 33.4 Å². The minimum absolute atomic E-state index is 0.0455. The fourth-order valence-corrected chi connectivity index (χ4v) is 9.39. The third kappa shape index (κ3) is 8.67. The number of amides is 3.